The summed E-state index contributed by atoms with van der Waals surface area (Å²) in [7, 11) is 0. The van der Waals surface area contributed by atoms with Crippen LogP contribution in [0.4, 0.5) is 0 Å². The molecule has 1 saturated carbocycles. The third-order valence-corrected chi connectivity index (χ3v) is 10.6. The average Bonchev–Trinajstić information content (AvgIpc) is 2.92. The van der Waals surface area contributed by atoms with Crippen LogP contribution in [0.2, 0.25) is 0 Å². The molecule has 1 nitrogen and oxygen atoms in total. The lowest BCUT2D eigenvalue weighted by atomic mass is 9.94. The minimum Gasteiger partial charge on any atom is -0.493 e. The molecule has 7 heteroatoms. The van der Waals surface area contributed by atoms with Crippen LogP contribution >= 0.6 is 69.6 Å². The molecule has 0 aliphatic heterocycles. The molecular formula is C29H28Cl6O. The molecule has 0 bridgehead atoms. The smallest absolute Gasteiger partial charge is 0.127 e. The Labute approximate surface area is 242 Å². The zero-order chi connectivity index (χ0) is 25.8. The van der Waals surface area contributed by atoms with E-state index < -0.39 is 32.3 Å². The topological polar surface area (TPSA) is 9.23 Å². The Hall–Kier alpha value is -0.800. The SMILES string of the molecule is CCCCCOc1cccc2c3ccccc3c3ccccc3c12.Cl[C@H]1[C@H](Cl)[C@@H](Cl)[C@@H](Cl)[C@H](Cl)[C@H]1Cl. The van der Waals surface area contributed by atoms with E-state index in [2.05, 4.69) is 73.7 Å². The Morgan fingerprint density at radius 3 is 1.36 bits per heavy atom. The number of benzene rings is 4. The van der Waals surface area contributed by atoms with Crippen LogP contribution in [0.3, 0.4) is 0 Å². The van der Waals surface area contributed by atoms with Crippen molar-refractivity contribution >= 4 is 102 Å². The molecule has 0 N–H and O–H groups in total. The summed E-state index contributed by atoms with van der Waals surface area (Å²) in [6, 6.07) is 23.7. The summed E-state index contributed by atoms with van der Waals surface area (Å²) >= 11 is 35.3. The van der Waals surface area contributed by atoms with E-state index in [-0.39, 0.29) is 0 Å². The molecule has 0 amide bonds. The third kappa shape index (κ3) is 5.78. The molecule has 4 aromatic rings. The quantitative estimate of drug-likeness (QED) is 0.125. The highest BCUT2D eigenvalue weighted by Gasteiger charge is 2.46. The second kappa shape index (κ2) is 12.8. The molecule has 0 aromatic heterocycles. The molecule has 36 heavy (non-hydrogen) atoms. The van der Waals surface area contributed by atoms with Crippen LogP contribution in [0.1, 0.15) is 26.2 Å². The summed E-state index contributed by atoms with van der Waals surface area (Å²) in [6.07, 6.45) is 3.54. The van der Waals surface area contributed by atoms with Crippen molar-refractivity contribution in [1.82, 2.24) is 0 Å². The molecule has 192 valence electrons. The van der Waals surface area contributed by atoms with Gasteiger partial charge in [-0.3, -0.25) is 0 Å². The first-order chi connectivity index (χ1) is 17.4. The Morgan fingerprint density at radius 2 is 0.917 bits per heavy atom. The zero-order valence-electron chi connectivity index (χ0n) is 19.8. The van der Waals surface area contributed by atoms with Crippen molar-refractivity contribution in [2.24, 2.45) is 0 Å². The number of halogens is 6. The normalized spacial score (nSPS) is 26.1. The van der Waals surface area contributed by atoms with Crippen molar-refractivity contribution in [1.29, 1.82) is 0 Å². The molecule has 1 fully saturated rings. The summed E-state index contributed by atoms with van der Waals surface area (Å²) in [5, 5.41) is 5.07. The molecule has 0 saturated heterocycles. The van der Waals surface area contributed by atoms with Crippen LogP contribution < -0.4 is 4.74 Å². The molecule has 4 aromatic carbocycles. The predicted molar refractivity (Wildman–Crippen MR) is 162 cm³/mol. The van der Waals surface area contributed by atoms with E-state index in [1.54, 1.807) is 0 Å². The number of fused-ring (bicyclic) bond motifs is 6. The van der Waals surface area contributed by atoms with E-state index in [1.807, 2.05) is 0 Å². The maximum atomic E-state index is 6.18. The average molecular weight is 605 g/mol. The molecule has 1 aliphatic rings. The lowest BCUT2D eigenvalue weighted by Crippen LogP contribution is -2.52. The molecule has 0 heterocycles. The molecule has 0 spiro atoms. The van der Waals surface area contributed by atoms with Gasteiger partial charge in [0.2, 0.25) is 0 Å². The second-order valence-electron chi connectivity index (χ2n) is 8.99. The van der Waals surface area contributed by atoms with Gasteiger partial charge in [-0.2, -0.15) is 0 Å². The summed E-state index contributed by atoms with van der Waals surface area (Å²) < 4.78 is 6.18. The number of hydrogen-bond acceptors (Lipinski definition) is 1. The molecule has 0 radical (unpaired) electrons. The fourth-order valence-electron chi connectivity index (χ4n) is 4.63. The number of alkyl halides is 6. The van der Waals surface area contributed by atoms with Crippen LogP contribution in [-0.4, -0.2) is 38.9 Å². The number of unbranched alkanes of at least 4 members (excludes halogenated alkanes) is 2. The van der Waals surface area contributed by atoms with Gasteiger partial charge in [-0.25, -0.2) is 0 Å². The maximum Gasteiger partial charge on any atom is 0.127 e. The Kier molecular flexibility index (Phi) is 10.1. The van der Waals surface area contributed by atoms with E-state index in [0.717, 1.165) is 18.8 Å². The van der Waals surface area contributed by atoms with Crippen molar-refractivity contribution < 1.29 is 4.74 Å². The fourth-order valence-corrected chi connectivity index (χ4v) is 6.96. The largest absolute Gasteiger partial charge is 0.493 e. The molecular weight excluding hydrogens is 577 g/mol. The molecule has 0 unspecified atom stereocenters. The van der Waals surface area contributed by atoms with Gasteiger partial charge < -0.3 is 4.74 Å². The van der Waals surface area contributed by atoms with E-state index in [9.17, 15) is 0 Å². The van der Waals surface area contributed by atoms with Crippen LogP contribution in [0.25, 0.3) is 32.3 Å². The fraction of sp³-hybridized carbons (Fsp3) is 0.379. The van der Waals surface area contributed by atoms with Gasteiger partial charge in [0.05, 0.1) is 38.9 Å². The van der Waals surface area contributed by atoms with Crippen LogP contribution in [0, 0.1) is 0 Å². The third-order valence-electron chi connectivity index (χ3n) is 6.56. The predicted octanol–water partition coefficient (Wildman–Crippen LogP) is 10.4. The molecule has 5 rings (SSSR count). The lowest BCUT2D eigenvalue weighted by Gasteiger charge is -2.37. The number of ether oxygens (including phenoxy) is 1. The highest BCUT2D eigenvalue weighted by Crippen LogP contribution is 2.40. The van der Waals surface area contributed by atoms with Crippen molar-refractivity contribution in [2.75, 3.05) is 6.61 Å². The first-order valence-electron chi connectivity index (χ1n) is 12.2. The minimum absolute atomic E-state index is 0.437. The van der Waals surface area contributed by atoms with Gasteiger partial charge in [0.25, 0.3) is 0 Å². The number of rotatable bonds is 5. The van der Waals surface area contributed by atoms with E-state index in [4.69, 9.17) is 74.3 Å². The van der Waals surface area contributed by atoms with Crippen molar-refractivity contribution in [3.63, 3.8) is 0 Å². The highest BCUT2D eigenvalue weighted by atomic mass is 35.5. The van der Waals surface area contributed by atoms with Crippen LogP contribution in [0.5, 0.6) is 5.75 Å². The minimum atomic E-state index is -0.437. The van der Waals surface area contributed by atoms with E-state index >= 15 is 0 Å². The van der Waals surface area contributed by atoms with Crippen LogP contribution in [0.15, 0.2) is 66.7 Å². The standard InChI is InChI=1S/C23H22O.C6H6Cl6/c1-2-3-8-16-24-22-15-9-14-21-19-11-5-4-10-17(19)18-12-6-7-13-20(18)23(21)22;7-1-2(8)4(10)6(12)5(11)3(1)9/h4-7,9-15H,2-3,8,16H2,1H3;1-6H/t;1-,2-,3-,4+,5+,6+. The summed E-state index contributed by atoms with van der Waals surface area (Å²) in [5.41, 5.74) is 0. The summed E-state index contributed by atoms with van der Waals surface area (Å²) in [5.74, 6) is 1.01. The van der Waals surface area contributed by atoms with Gasteiger partial charge in [0.1, 0.15) is 5.75 Å². The monoisotopic (exact) mass is 602 g/mol. The van der Waals surface area contributed by atoms with Crippen molar-refractivity contribution in [2.45, 2.75) is 58.4 Å². The zero-order valence-corrected chi connectivity index (χ0v) is 24.4. The van der Waals surface area contributed by atoms with E-state index in [1.165, 1.54) is 45.2 Å². The van der Waals surface area contributed by atoms with Crippen molar-refractivity contribution in [3.8, 4) is 5.75 Å². The molecule has 0 atom stereocenters. The van der Waals surface area contributed by atoms with Gasteiger partial charge in [0.15, 0.2) is 0 Å². The Morgan fingerprint density at radius 1 is 0.528 bits per heavy atom. The van der Waals surface area contributed by atoms with Gasteiger partial charge in [0, 0.05) is 5.39 Å². The van der Waals surface area contributed by atoms with Gasteiger partial charge in [-0.1, -0.05) is 80.4 Å². The van der Waals surface area contributed by atoms with Crippen molar-refractivity contribution in [3.05, 3.63) is 66.7 Å². The van der Waals surface area contributed by atoms with Crippen LogP contribution in [-0.2, 0) is 0 Å². The summed E-state index contributed by atoms with van der Waals surface area (Å²) in [6.45, 7) is 3.01. The first kappa shape index (κ1) is 28.2. The Bertz CT molecular complexity index is 1210. The van der Waals surface area contributed by atoms with E-state index in [0.29, 0.717) is 0 Å². The summed E-state index contributed by atoms with van der Waals surface area (Å²) in [4.78, 5) is 0. The maximum absolute atomic E-state index is 6.18. The number of hydrogen-bond donors (Lipinski definition) is 0. The van der Waals surface area contributed by atoms with Gasteiger partial charge >= 0.3 is 0 Å². The second-order valence-corrected chi connectivity index (χ2v) is 12.0. The molecule has 1 aliphatic carbocycles. The Balaban J connectivity index is 0.000000214. The highest BCUT2D eigenvalue weighted by molar-refractivity contribution is 6.45. The van der Waals surface area contributed by atoms with Gasteiger partial charge in [-0.15, -0.1) is 69.6 Å². The lowest BCUT2D eigenvalue weighted by molar-refractivity contribution is 0.310. The first-order valence-corrected chi connectivity index (χ1v) is 14.8. The van der Waals surface area contributed by atoms with Gasteiger partial charge in [-0.05, 0) is 39.4 Å².